The van der Waals surface area contributed by atoms with Gasteiger partial charge in [-0.3, -0.25) is 15.1 Å². The van der Waals surface area contributed by atoms with Gasteiger partial charge in [-0.05, 0) is 42.0 Å². The second-order valence-corrected chi connectivity index (χ2v) is 7.76. The summed E-state index contributed by atoms with van der Waals surface area (Å²) in [5, 5.41) is 6.65. The predicted octanol–water partition coefficient (Wildman–Crippen LogP) is 3.76. The van der Waals surface area contributed by atoms with Crippen LogP contribution in [0.1, 0.15) is 22.0 Å². The van der Waals surface area contributed by atoms with Crippen LogP contribution in [0.25, 0.3) is 0 Å². The van der Waals surface area contributed by atoms with E-state index in [4.69, 9.17) is 16.6 Å². The number of fused-ring (bicyclic) bond motifs is 1. The summed E-state index contributed by atoms with van der Waals surface area (Å²) in [4.78, 5) is 31.3. The first-order valence-electron chi connectivity index (χ1n) is 8.52. The molecule has 2 N–H and O–H groups in total. The fourth-order valence-corrected chi connectivity index (χ4v) is 4.22. The van der Waals surface area contributed by atoms with Crippen LogP contribution in [0.3, 0.4) is 0 Å². The molecule has 1 saturated heterocycles. The number of imide groups is 1. The predicted molar refractivity (Wildman–Crippen MR) is 109 cm³/mol. The smallest absolute Gasteiger partial charge is 0.326 e. The third kappa shape index (κ3) is 4.09. The van der Waals surface area contributed by atoms with Crippen molar-refractivity contribution in [3.05, 3.63) is 64.7 Å². The number of amidine groups is 1. The molecule has 1 fully saturated rings. The summed E-state index contributed by atoms with van der Waals surface area (Å²) in [6.07, 6.45) is 0. The standard InChI is InChI=1S/C19H17ClN4O2S/c20-14-6-4-12(5-7-14)17(25)23-18(26)21-15-3-1-2-13(10-15)16-11-24-8-9-27-19(24)22-16/h1-7,10,16H,8-9,11H2,(H2,21,23,25,26). The zero-order chi connectivity index (χ0) is 18.8. The van der Waals surface area contributed by atoms with Crippen molar-refractivity contribution in [2.75, 3.05) is 24.2 Å². The highest BCUT2D eigenvalue weighted by molar-refractivity contribution is 8.14. The molecule has 27 heavy (non-hydrogen) atoms. The lowest BCUT2D eigenvalue weighted by Gasteiger charge is -2.14. The van der Waals surface area contributed by atoms with Crippen molar-refractivity contribution in [2.24, 2.45) is 4.99 Å². The molecule has 2 heterocycles. The van der Waals surface area contributed by atoms with E-state index in [9.17, 15) is 9.59 Å². The average molecular weight is 401 g/mol. The van der Waals surface area contributed by atoms with Crippen molar-refractivity contribution in [1.82, 2.24) is 10.2 Å². The van der Waals surface area contributed by atoms with Crippen LogP contribution in [0.5, 0.6) is 0 Å². The molecule has 0 bridgehead atoms. The first kappa shape index (κ1) is 17.9. The monoisotopic (exact) mass is 400 g/mol. The molecule has 2 aliphatic rings. The third-order valence-electron chi connectivity index (χ3n) is 4.39. The number of carbonyl (C=O) groups is 2. The van der Waals surface area contributed by atoms with E-state index in [1.807, 2.05) is 18.2 Å². The van der Waals surface area contributed by atoms with Gasteiger partial charge >= 0.3 is 6.03 Å². The normalized spacial score (nSPS) is 18.0. The molecule has 0 spiro atoms. The van der Waals surface area contributed by atoms with Gasteiger partial charge in [-0.1, -0.05) is 35.5 Å². The molecule has 6 nitrogen and oxygen atoms in total. The molecule has 0 saturated carbocycles. The maximum atomic E-state index is 12.1. The van der Waals surface area contributed by atoms with E-state index in [1.165, 1.54) is 0 Å². The highest BCUT2D eigenvalue weighted by Gasteiger charge is 2.30. The van der Waals surface area contributed by atoms with Crippen molar-refractivity contribution >= 4 is 46.2 Å². The van der Waals surface area contributed by atoms with Crippen LogP contribution in [-0.2, 0) is 0 Å². The SMILES string of the molecule is O=C(NC(=O)c1ccc(Cl)cc1)Nc1cccc(C2CN3CCSC3=N2)c1. The van der Waals surface area contributed by atoms with Crippen LogP contribution in [-0.4, -0.2) is 40.8 Å². The largest absolute Gasteiger partial charge is 0.348 e. The molecule has 0 radical (unpaired) electrons. The Bertz CT molecular complexity index is 916. The quantitative estimate of drug-likeness (QED) is 0.822. The Morgan fingerprint density at radius 3 is 2.78 bits per heavy atom. The number of hydrogen-bond donors (Lipinski definition) is 2. The summed E-state index contributed by atoms with van der Waals surface area (Å²) in [7, 11) is 0. The Morgan fingerprint density at radius 2 is 2.00 bits per heavy atom. The number of hydrogen-bond acceptors (Lipinski definition) is 5. The van der Waals surface area contributed by atoms with Crippen LogP contribution < -0.4 is 10.6 Å². The fraction of sp³-hybridized carbons (Fsp3) is 0.211. The van der Waals surface area contributed by atoms with E-state index in [0.29, 0.717) is 16.3 Å². The molecule has 1 atom stereocenters. The highest BCUT2D eigenvalue weighted by Crippen LogP contribution is 2.32. The summed E-state index contributed by atoms with van der Waals surface area (Å²) < 4.78 is 0. The highest BCUT2D eigenvalue weighted by atomic mass is 35.5. The third-order valence-corrected chi connectivity index (χ3v) is 5.65. The molecule has 4 rings (SSSR count). The van der Waals surface area contributed by atoms with Gasteiger partial charge in [0.25, 0.3) is 5.91 Å². The zero-order valence-electron chi connectivity index (χ0n) is 14.3. The minimum absolute atomic E-state index is 0.0771. The molecule has 0 aromatic heterocycles. The van der Waals surface area contributed by atoms with Gasteiger partial charge in [-0.25, -0.2) is 4.79 Å². The van der Waals surface area contributed by atoms with Gasteiger partial charge < -0.3 is 10.2 Å². The van der Waals surface area contributed by atoms with Gasteiger partial charge in [-0.15, -0.1) is 0 Å². The summed E-state index contributed by atoms with van der Waals surface area (Å²) in [5.74, 6) is 0.606. The van der Waals surface area contributed by atoms with Crippen molar-refractivity contribution in [3.8, 4) is 0 Å². The molecule has 3 amide bonds. The number of nitrogens with one attached hydrogen (secondary N) is 2. The van der Waals surface area contributed by atoms with Crippen molar-refractivity contribution in [2.45, 2.75) is 6.04 Å². The van der Waals surface area contributed by atoms with Gasteiger partial charge in [-0.2, -0.15) is 0 Å². The molecule has 138 valence electrons. The van der Waals surface area contributed by atoms with Crippen LogP contribution in [0.15, 0.2) is 53.5 Å². The topological polar surface area (TPSA) is 73.8 Å². The number of urea groups is 1. The van der Waals surface area contributed by atoms with Crippen LogP contribution >= 0.6 is 23.4 Å². The van der Waals surface area contributed by atoms with Gasteiger partial charge in [0.2, 0.25) is 0 Å². The van der Waals surface area contributed by atoms with E-state index in [2.05, 4.69) is 15.5 Å². The molecule has 0 aliphatic carbocycles. The first-order chi connectivity index (χ1) is 13.1. The second-order valence-electron chi connectivity index (χ2n) is 6.26. The Morgan fingerprint density at radius 1 is 1.19 bits per heavy atom. The molecule has 2 aromatic carbocycles. The number of halogens is 1. The Kier molecular flexibility index (Phi) is 5.05. The minimum Gasteiger partial charge on any atom is -0.348 e. The number of carbonyl (C=O) groups excluding carboxylic acids is 2. The van der Waals surface area contributed by atoms with Crippen molar-refractivity contribution in [3.63, 3.8) is 0 Å². The minimum atomic E-state index is -0.582. The van der Waals surface area contributed by atoms with E-state index >= 15 is 0 Å². The Labute approximate surface area is 166 Å². The first-order valence-corrected chi connectivity index (χ1v) is 9.88. The molecular weight excluding hydrogens is 384 g/mol. The number of aliphatic imine (C=N–C) groups is 1. The van der Waals surface area contributed by atoms with E-state index in [1.54, 1.807) is 42.1 Å². The zero-order valence-corrected chi connectivity index (χ0v) is 15.9. The van der Waals surface area contributed by atoms with Crippen molar-refractivity contribution in [1.29, 1.82) is 0 Å². The molecule has 2 aliphatic heterocycles. The van der Waals surface area contributed by atoms with Gasteiger partial charge in [0, 0.05) is 35.1 Å². The number of benzene rings is 2. The van der Waals surface area contributed by atoms with E-state index in [-0.39, 0.29) is 6.04 Å². The van der Waals surface area contributed by atoms with Gasteiger partial charge in [0.05, 0.1) is 6.04 Å². The number of rotatable bonds is 3. The second kappa shape index (κ2) is 7.62. The van der Waals surface area contributed by atoms with Gasteiger partial charge in [0.1, 0.15) is 0 Å². The number of anilines is 1. The van der Waals surface area contributed by atoms with E-state index < -0.39 is 11.9 Å². The molecular formula is C19H17ClN4O2S. The Balaban J connectivity index is 1.39. The van der Waals surface area contributed by atoms with E-state index in [0.717, 1.165) is 29.6 Å². The fourth-order valence-electron chi connectivity index (χ4n) is 3.05. The molecule has 1 unspecified atom stereocenters. The number of thioether (sulfide) groups is 1. The number of nitrogens with zero attached hydrogens (tertiary/aromatic N) is 2. The summed E-state index contributed by atoms with van der Waals surface area (Å²) in [5.41, 5.74) is 2.02. The molecule has 8 heteroatoms. The summed E-state index contributed by atoms with van der Waals surface area (Å²) >= 11 is 7.59. The van der Waals surface area contributed by atoms with Crippen LogP contribution in [0, 0.1) is 0 Å². The lowest BCUT2D eigenvalue weighted by Crippen LogP contribution is -2.34. The van der Waals surface area contributed by atoms with Crippen molar-refractivity contribution < 1.29 is 9.59 Å². The average Bonchev–Trinajstić information content (AvgIpc) is 3.24. The van der Waals surface area contributed by atoms with Crippen LogP contribution in [0.2, 0.25) is 5.02 Å². The number of amides is 3. The maximum Gasteiger partial charge on any atom is 0.326 e. The molecule has 2 aromatic rings. The maximum absolute atomic E-state index is 12.1. The summed E-state index contributed by atoms with van der Waals surface area (Å²) in [6, 6.07) is 13.4. The van der Waals surface area contributed by atoms with Gasteiger partial charge in [0.15, 0.2) is 5.17 Å². The summed E-state index contributed by atoms with van der Waals surface area (Å²) in [6.45, 7) is 1.90. The van der Waals surface area contributed by atoms with Crippen LogP contribution in [0.4, 0.5) is 10.5 Å². The lowest BCUT2D eigenvalue weighted by atomic mass is 10.1. The lowest BCUT2D eigenvalue weighted by molar-refractivity contribution is 0.0967. The Hall–Kier alpha value is -2.51.